The first kappa shape index (κ1) is 14.2. The minimum absolute atomic E-state index is 0.217. The molecule has 0 bridgehead atoms. The summed E-state index contributed by atoms with van der Waals surface area (Å²) in [5.41, 5.74) is 5.05. The molecular weight excluding hydrogens is 356 g/mol. The van der Waals surface area contributed by atoms with Gasteiger partial charge in [-0.15, -0.1) is 11.3 Å². The highest BCUT2D eigenvalue weighted by Crippen LogP contribution is 2.32. The number of nitrogens with two attached hydrogens (primary N) is 1. The van der Waals surface area contributed by atoms with Gasteiger partial charge in [-0.2, -0.15) is 0 Å². The van der Waals surface area contributed by atoms with Gasteiger partial charge in [0.15, 0.2) is 0 Å². The molecule has 0 aromatic carbocycles. The Hall–Kier alpha value is 0.0900. The van der Waals surface area contributed by atoms with Crippen molar-refractivity contribution >= 4 is 49.1 Å². The monoisotopic (exact) mass is 368 g/mol. The maximum Gasteiger partial charge on any atom is 0.217 e. The molecule has 1 aromatic rings. The Bertz CT molecular complexity index is 335. The zero-order valence-corrected chi connectivity index (χ0v) is 12.8. The summed E-state index contributed by atoms with van der Waals surface area (Å²) in [5.74, 6) is -0.217. The highest BCUT2D eigenvalue weighted by atomic mass is 79.9. The average Bonchev–Trinajstić information content (AvgIpc) is 2.52. The molecule has 0 atom stereocenters. The van der Waals surface area contributed by atoms with Crippen LogP contribution in [0.25, 0.3) is 0 Å². The summed E-state index contributed by atoms with van der Waals surface area (Å²) in [6, 6.07) is 2.10. The summed E-state index contributed by atoms with van der Waals surface area (Å²) in [7, 11) is 0. The van der Waals surface area contributed by atoms with Gasteiger partial charge in [-0.05, 0) is 57.3 Å². The fourth-order valence-corrected chi connectivity index (χ4v) is 3.39. The van der Waals surface area contributed by atoms with E-state index in [9.17, 15) is 4.79 Å². The van der Waals surface area contributed by atoms with Gasteiger partial charge in [-0.1, -0.05) is 0 Å². The molecule has 0 aliphatic heterocycles. The number of nitrogens with one attached hydrogen (secondary N) is 1. The van der Waals surface area contributed by atoms with Crippen LogP contribution in [0.5, 0.6) is 0 Å². The van der Waals surface area contributed by atoms with Crippen molar-refractivity contribution < 1.29 is 4.79 Å². The van der Waals surface area contributed by atoms with Gasteiger partial charge in [-0.25, -0.2) is 0 Å². The van der Waals surface area contributed by atoms with Crippen LogP contribution < -0.4 is 11.1 Å². The van der Waals surface area contributed by atoms with Crippen molar-refractivity contribution in [3.63, 3.8) is 0 Å². The van der Waals surface area contributed by atoms with Gasteiger partial charge in [-0.3, -0.25) is 4.79 Å². The fourth-order valence-electron chi connectivity index (χ4n) is 1.24. The molecule has 0 aliphatic rings. The van der Waals surface area contributed by atoms with Gasteiger partial charge in [0.05, 0.1) is 3.79 Å². The largest absolute Gasteiger partial charge is 0.370 e. The van der Waals surface area contributed by atoms with Gasteiger partial charge >= 0.3 is 0 Å². The van der Waals surface area contributed by atoms with E-state index in [-0.39, 0.29) is 5.91 Å². The standard InChI is InChI=1S/C10H14Br2N2OS/c11-8-5-7(16-10(8)12)6-14-4-2-1-3-9(13)15/h5,14H,1-4,6H2,(H2,13,15). The minimum Gasteiger partial charge on any atom is -0.370 e. The highest BCUT2D eigenvalue weighted by Gasteiger charge is 2.03. The first-order chi connectivity index (χ1) is 7.59. The minimum atomic E-state index is -0.217. The molecule has 0 aliphatic carbocycles. The van der Waals surface area contributed by atoms with Crippen LogP contribution in [0.1, 0.15) is 24.1 Å². The zero-order valence-electron chi connectivity index (χ0n) is 8.76. The molecule has 3 N–H and O–H groups in total. The third kappa shape index (κ3) is 5.43. The van der Waals surface area contributed by atoms with Crippen molar-refractivity contribution in [2.24, 2.45) is 5.73 Å². The third-order valence-electron chi connectivity index (χ3n) is 2.02. The molecule has 0 spiro atoms. The van der Waals surface area contributed by atoms with Crippen molar-refractivity contribution in [1.29, 1.82) is 0 Å². The van der Waals surface area contributed by atoms with Crippen molar-refractivity contribution in [3.05, 3.63) is 19.2 Å². The van der Waals surface area contributed by atoms with Gasteiger partial charge in [0.2, 0.25) is 5.91 Å². The topological polar surface area (TPSA) is 55.1 Å². The van der Waals surface area contributed by atoms with Crippen LogP contribution in [0.2, 0.25) is 0 Å². The van der Waals surface area contributed by atoms with Crippen molar-refractivity contribution in [1.82, 2.24) is 5.32 Å². The summed E-state index contributed by atoms with van der Waals surface area (Å²) < 4.78 is 2.22. The molecular formula is C10H14Br2N2OS. The second-order valence-corrected chi connectivity index (χ2v) is 6.74. The molecule has 1 rings (SSSR count). The number of carbonyl (C=O) groups is 1. The second-order valence-electron chi connectivity index (χ2n) is 3.43. The van der Waals surface area contributed by atoms with Crippen LogP contribution in [0.4, 0.5) is 0 Å². The molecule has 3 nitrogen and oxygen atoms in total. The van der Waals surface area contributed by atoms with E-state index in [1.54, 1.807) is 11.3 Å². The maximum absolute atomic E-state index is 10.5. The summed E-state index contributed by atoms with van der Waals surface area (Å²) in [6.45, 7) is 1.78. The van der Waals surface area contributed by atoms with Gasteiger partial charge in [0, 0.05) is 22.3 Å². The second kappa shape index (κ2) is 7.42. The van der Waals surface area contributed by atoms with E-state index < -0.39 is 0 Å². The van der Waals surface area contributed by atoms with E-state index in [0.29, 0.717) is 6.42 Å². The first-order valence-corrected chi connectivity index (χ1v) is 7.42. The van der Waals surface area contributed by atoms with Crippen molar-refractivity contribution in [2.45, 2.75) is 25.8 Å². The number of thiophene rings is 1. The molecule has 0 fully saturated rings. The van der Waals surface area contributed by atoms with Crippen LogP contribution >= 0.6 is 43.2 Å². The van der Waals surface area contributed by atoms with E-state index in [4.69, 9.17) is 5.73 Å². The smallest absolute Gasteiger partial charge is 0.217 e. The van der Waals surface area contributed by atoms with E-state index in [1.165, 1.54) is 4.88 Å². The molecule has 0 radical (unpaired) electrons. The van der Waals surface area contributed by atoms with E-state index in [0.717, 1.165) is 34.2 Å². The summed E-state index contributed by atoms with van der Waals surface area (Å²) in [6.07, 6.45) is 2.33. The highest BCUT2D eigenvalue weighted by molar-refractivity contribution is 9.13. The molecule has 1 aromatic heterocycles. The van der Waals surface area contributed by atoms with E-state index in [2.05, 4.69) is 43.2 Å². The van der Waals surface area contributed by atoms with E-state index in [1.807, 2.05) is 0 Å². The summed E-state index contributed by atoms with van der Waals surface area (Å²) >= 11 is 8.62. The number of primary amides is 1. The van der Waals surface area contributed by atoms with E-state index >= 15 is 0 Å². The molecule has 6 heteroatoms. The predicted octanol–water partition coefficient (Wildman–Crippen LogP) is 3.02. The van der Waals surface area contributed by atoms with Crippen LogP contribution in [0, 0.1) is 0 Å². The molecule has 0 unspecified atom stereocenters. The lowest BCUT2D eigenvalue weighted by Crippen LogP contribution is -2.15. The fraction of sp³-hybridized carbons (Fsp3) is 0.500. The van der Waals surface area contributed by atoms with Crippen LogP contribution in [0.15, 0.2) is 14.3 Å². The Morgan fingerprint density at radius 3 is 2.75 bits per heavy atom. The normalized spacial score (nSPS) is 10.6. The van der Waals surface area contributed by atoms with Gasteiger partial charge in [0.1, 0.15) is 0 Å². The number of unbranched alkanes of at least 4 members (excludes halogenated alkanes) is 1. The summed E-state index contributed by atoms with van der Waals surface area (Å²) in [5, 5.41) is 3.33. The van der Waals surface area contributed by atoms with Crippen molar-refractivity contribution in [2.75, 3.05) is 6.54 Å². The SMILES string of the molecule is NC(=O)CCCCNCc1cc(Br)c(Br)s1. The number of rotatable bonds is 7. The average molecular weight is 370 g/mol. The molecule has 16 heavy (non-hydrogen) atoms. The first-order valence-electron chi connectivity index (χ1n) is 5.02. The maximum atomic E-state index is 10.5. The Morgan fingerprint density at radius 2 is 2.19 bits per heavy atom. The lowest BCUT2D eigenvalue weighted by Gasteiger charge is -2.01. The Morgan fingerprint density at radius 1 is 1.44 bits per heavy atom. The number of halogens is 2. The number of hydrogen-bond donors (Lipinski definition) is 2. The van der Waals surface area contributed by atoms with Gasteiger partial charge < -0.3 is 11.1 Å². The molecule has 1 heterocycles. The molecule has 1 amide bonds. The lowest BCUT2D eigenvalue weighted by atomic mass is 10.2. The van der Waals surface area contributed by atoms with Gasteiger partial charge in [0.25, 0.3) is 0 Å². The number of hydrogen-bond acceptors (Lipinski definition) is 3. The molecule has 0 saturated carbocycles. The summed E-state index contributed by atoms with van der Waals surface area (Å²) in [4.78, 5) is 11.8. The Labute approximate surface area is 116 Å². The Kier molecular flexibility index (Phi) is 6.57. The van der Waals surface area contributed by atoms with Crippen molar-refractivity contribution in [3.8, 4) is 0 Å². The molecule has 90 valence electrons. The Balaban J connectivity index is 2.09. The number of amides is 1. The van der Waals surface area contributed by atoms with Crippen LogP contribution in [-0.4, -0.2) is 12.5 Å². The quantitative estimate of drug-likeness (QED) is 0.726. The van der Waals surface area contributed by atoms with Crippen LogP contribution in [-0.2, 0) is 11.3 Å². The number of carbonyl (C=O) groups excluding carboxylic acids is 1. The zero-order chi connectivity index (χ0) is 12.0. The third-order valence-corrected chi connectivity index (χ3v) is 5.28. The molecule has 0 saturated heterocycles. The predicted molar refractivity (Wildman–Crippen MR) is 74.5 cm³/mol. The van der Waals surface area contributed by atoms with Crippen LogP contribution in [0.3, 0.4) is 0 Å². The lowest BCUT2D eigenvalue weighted by molar-refractivity contribution is -0.118.